The number of piperazine rings is 1. The lowest BCUT2D eigenvalue weighted by atomic mass is 10.1. The van der Waals surface area contributed by atoms with Gasteiger partial charge in [0.1, 0.15) is 18.2 Å². The Morgan fingerprint density at radius 3 is 2.73 bits per heavy atom. The number of aryl methyl sites for hydroxylation is 1. The van der Waals surface area contributed by atoms with Gasteiger partial charge in [0.15, 0.2) is 5.65 Å². The highest BCUT2D eigenvalue weighted by atomic mass is 16.2. The SMILES string of the molecule is N#Cc1ccc(N2C3CCC2CN(C(=O)CCCc2cccn4ncnc24)C3)nc1. The number of amides is 1. The molecular weight excluding hydrogens is 378 g/mol. The van der Waals surface area contributed by atoms with E-state index in [0.29, 0.717) is 24.1 Å². The monoisotopic (exact) mass is 401 g/mol. The number of likely N-dealkylation sites (tertiary alicyclic amines) is 1. The van der Waals surface area contributed by atoms with Gasteiger partial charge < -0.3 is 9.80 Å². The van der Waals surface area contributed by atoms with E-state index in [4.69, 9.17) is 5.26 Å². The van der Waals surface area contributed by atoms with Crippen molar-refractivity contribution in [2.45, 2.75) is 44.2 Å². The molecule has 5 heterocycles. The van der Waals surface area contributed by atoms with Crippen molar-refractivity contribution in [1.82, 2.24) is 24.5 Å². The maximum atomic E-state index is 12.9. The number of fused-ring (bicyclic) bond motifs is 3. The van der Waals surface area contributed by atoms with Gasteiger partial charge in [0.2, 0.25) is 5.91 Å². The van der Waals surface area contributed by atoms with Crippen LogP contribution in [0.25, 0.3) is 5.65 Å². The second-order valence-corrected chi connectivity index (χ2v) is 8.02. The minimum atomic E-state index is 0.229. The maximum absolute atomic E-state index is 12.9. The largest absolute Gasteiger partial charge is 0.347 e. The van der Waals surface area contributed by atoms with Crippen molar-refractivity contribution in [3.05, 3.63) is 54.1 Å². The smallest absolute Gasteiger partial charge is 0.222 e. The molecule has 2 aliphatic heterocycles. The number of hydrogen-bond donors (Lipinski definition) is 0. The summed E-state index contributed by atoms with van der Waals surface area (Å²) in [5, 5.41) is 13.1. The number of nitrogens with zero attached hydrogens (tertiary/aromatic N) is 7. The van der Waals surface area contributed by atoms with Crippen molar-refractivity contribution >= 4 is 17.4 Å². The van der Waals surface area contributed by atoms with Crippen LogP contribution >= 0.6 is 0 Å². The third-order valence-electron chi connectivity index (χ3n) is 6.20. The van der Waals surface area contributed by atoms with E-state index in [0.717, 1.165) is 55.8 Å². The van der Waals surface area contributed by atoms with E-state index in [1.165, 1.54) is 0 Å². The normalized spacial score (nSPS) is 20.5. The second kappa shape index (κ2) is 7.75. The lowest BCUT2D eigenvalue weighted by Gasteiger charge is -2.41. The number of hydrogen-bond acceptors (Lipinski definition) is 6. The van der Waals surface area contributed by atoms with Crippen LogP contribution in [-0.4, -0.2) is 55.6 Å². The van der Waals surface area contributed by atoms with E-state index in [2.05, 4.69) is 32.1 Å². The highest BCUT2D eigenvalue weighted by molar-refractivity contribution is 5.77. The Labute approximate surface area is 174 Å². The molecule has 0 aromatic carbocycles. The molecule has 5 rings (SSSR count). The van der Waals surface area contributed by atoms with Gasteiger partial charge >= 0.3 is 0 Å². The third kappa shape index (κ3) is 3.36. The quantitative estimate of drug-likeness (QED) is 0.651. The van der Waals surface area contributed by atoms with E-state index >= 15 is 0 Å². The lowest BCUT2D eigenvalue weighted by molar-refractivity contribution is -0.132. The summed E-state index contributed by atoms with van der Waals surface area (Å²) < 4.78 is 1.77. The van der Waals surface area contributed by atoms with Gasteiger partial charge in [-0.05, 0) is 49.4 Å². The van der Waals surface area contributed by atoms with Crippen LogP contribution in [0.4, 0.5) is 5.82 Å². The first-order valence-electron chi connectivity index (χ1n) is 10.4. The fourth-order valence-electron chi connectivity index (χ4n) is 4.77. The Bertz CT molecular complexity index is 1090. The molecule has 0 aliphatic carbocycles. The number of carbonyl (C=O) groups excluding carboxylic acids is 1. The fraction of sp³-hybridized carbons (Fsp3) is 0.409. The van der Waals surface area contributed by atoms with E-state index in [1.54, 1.807) is 17.0 Å². The van der Waals surface area contributed by atoms with Crippen LogP contribution in [0.15, 0.2) is 43.0 Å². The Kier molecular flexibility index (Phi) is 4.79. The van der Waals surface area contributed by atoms with E-state index < -0.39 is 0 Å². The molecule has 30 heavy (non-hydrogen) atoms. The van der Waals surface area contributed by atoms with E-state index in [9.17, 15) is 4.79 Å². The average molecular weight is 401 g/mol. The van der Waals surface area contributed by atoms with Crippen LogP contribution in [0.2, 0.25) is 0 Å². The van der Waals surface area contributed by atoms with Gasteiger partial charge in [-0.2, -0.15) is 10.4 Å². The highest BCUT2D eigenvalue weighted by Gasteiger charge is 2.41. The Balaban J connectivity index is 1.19. The van der Waals surface area contributed by atoms with Crippen molar-refractivity contribution in [3.63, 3.8) is 0 Å². The molecule has 1 amide bonds. The summed E-state index contributed by atoms with van der Waals surface area (Å²) in [4.78, 5) is 26.0. The summed E-state index contributed by atoms with van der Waals surface area (Å²) in [5.41, 5.74) is 2.56. The molecule has 2 bridgehead atoms. The lowest BCUT2D eigenvalue weighted by Crippen LogP contribution is -2.55. The van der Waals surface area contributed by atoms with Gasteiger partial charge in [-0.1, -0.05) is 6.07 Å². The average Bonchev–Trinajstić information content (AvgIpc) is 3.36. The summed E-state index contributed by atoms with van der Waals surface area (Å²) in [6, 6.07) is 10.5. The molecule has 2 aliphatic rings. The first-order valence-corrected chi connectivity index (χ1v) is 10.4. The molecule has 2 atom stereocenters. The standard InChI is InChI=1S/C22H23N7O/c23-11-16-6-9-20(24-12-16)29-18-7-8-19(29)14-27(13-18)21(30)5-1-3-17-4-2-10-28-22(17)25-15-26-28/h2,4,6,9-10,12,15,18-19H,1,3,5,7-8,13-14H2. The minimum Gasteiger partial charge on any atom is -0.347 e. The van der Waals surface area contributed by atoms with Crippen molar-refractivity contribution in [1.29, 1.82) is 5.26 Å². The Morgan fingerprint density at radius 2 is 2.00 bits per heavy atom. The molecule has 8 nitrogen and oxygen atoms in total. The predicted octanol–water partition coefficient (Wildman–Crippen LogP) is 2.20. The second-order valence-electron chi connectivity index (χ2n) is 8.02. The fourth-order valence-corrected chi connectivity index (χ4v) is 4.77. The molecule has 2 saturated heterocycles. The number of anilines is 1. The van der Waals surface area contributed by atoms with Crippen molar-refractivity contribution in [2.24, 2.45) is 0 Å². The van der Waals surface area contributed by atoms with Crippen molar-refractivity contribution in [2.75, 3.05) is 18.0 Å². The molecule has 3 aromatic heterocycles. The zero-order chi connectivity index (χ0) is 20.5. The predicted molar refractivity (Wildman–Crippen MR) is 111 cm³/mol. The zero-order valence-electron chi connectivity index (χ0n) is 16.7. The highest BCUT2D eigenvalue weighted by Crippen LogP contribution is 2.34. The van der Waals surface area contributed by atoms with Crippen LogP contribution in [-0.2, 0) is 11.2 Å². The number of rotatable bonds is 5. The topological polar surface area (TPSA) is 90.4 Å². The summed E-state index contributed by atoms with van der Waals surface area (Å²) in [6.07, 6.45) is 9.38. The van der Waals surface area contributed by atoms with Crippen molar-refractivity contribution in [3.8, 4) is 6.07 Å². The first kappa shape index (κ1) is 18.6. The Morgan fingerprint density at radius 1 is 1.17 bits per heavy atom. The molecule has 2 fully saturated rings. The number of carbonyl (C=O) groups is 1. The molecule has 0 spiro atoms. The van der Waals surface area contributed by atoms with Crippen molar-refractivity contribution < 1.29 is 4.79 Å². The molecule has 0 N–H and O–H groups in total. The van der Waals surface area contributed by atoms with Crippen LogP contribution in [0.1, 0.15) is 36.8 Å². The maximum Gasteiger partial charge on any atom is 0.222 e. The summed E-state index contributed by atoms with van der Waals surface area (Å²) >= 11 is 0. The van der Waals surface area contributed by atoms with Crippen LogP contribution in [0.5, 0.6) is 0 Å². The summed E-state index contributed by atoms with van der Waals surface area (Å²) in [6.45, 7) is 1.49. The van der Waals surface area contributed by atoms with Gasteiger partial charge in [0.05, 0.1) is 5.56 Å². The van der Waals surface area contributed by atoms with Crippen LogP contribution in [0, 0.1) is 11.3 Å². The first-order chi connectivity index (χ1) is 14.7. The summed E-state index contributed by atoms with van der Waals surface area (Å²) in [5.74, 6) is 1.14. The van der Waals surface area contributed by atoms with E-state index in [-0.39, 0.29) is 5.91 Å². The van der Waals surface area contributed by atoms with Crippen LogP contribution in [0.3, 0.4) is 0 Å². The molecule has 8 heteroatoms. The summed E-state index contributed by atoms with van der Waals surface area (Å²) in [7, 11) is 0. The van der Waals surface area contributed by atoms with E-state index in [1.807, 2.05) is 29.3 Å². The van der Waals surface area contributed by atoms with Gasteiger partial charge in [0, 0.05) is 44.0 Å². The molecule has 0 radical (unpaired) electrons. The molecular formula is C22H23N7O. The number of nitriles is 1. The zero-order valence-corrected chi connectivity index (χ0v) is 16.7. The van der Waals surface area contributed by atoms with Gasteiger partial charge in [0.25, 0.3) is 0 Å². The molecule has 2 unspecified atom stereocenters. The number of aromatic nitrogens is 4. The Hall–Kier alpha value is -3.47. The van der Waals surface area contributed by atoms with Gasteiger partial charge in [-0.15, -0.1) is 0 Å². The number of pyridine rings is 2. The molecule has 152 valence electrons. The molecule has 0 saturated carbocycles. The van der Waals surface area contributed by atoms with Gasteiger partial charge in [-0.25, -0.2) is 14.5 Å². The minimum absolute atomic E-state index is 0.229. The third-order valence-corrected chi connectivity index (χ3v) is 6.20. The van der Waals surface area contributed by atoms with Crippen LogP contribution < -0.4 is 4.90 Å². The van der Waals surface area contributed by atoms with Gasteiger partial charge in [-0.3, -0.25) is 4.79 Å². The molecule has 3 aromatic rings.